The van der Waals surface area contributed by atoms with Crippen molar-refractivity contribution in [1.29, 1.82) is 0 Å². The van der Waals surface area contributed by atoms with Gasteiger partial charge in [-0.05, 0) is 18.8 Å². The molecular formula is C15H28N4O. The van der Waals surface area contributed by atoms with Crippen molar-refractivity contribution in [3.63, 3.8) is 0 Å². The highest BCUT2D eigenvalue weighted by Gasteiger charge is 2.19. The standard InChI is InChI=1S/C15H28N4O/c16-7-9-18-10-12-19(13-11-18)15(20)17-8-6-14-4-2-1-3-5-14/h6,8,14H,1-5,7,9-13,16H2,(H,17,20)/b8-6+. The number of carbonyl (C=O) groups is 1. The fourth-order valence-electron chi connectivity index (χ4n) is 3.03. The lowest BCUT2D eigenvalue weighted by atomic mass is 9.89. The summed E-state index contributed by atoms with van der Waals surface area (Å²) in [6, 6.07) is 0.0319. The fourth-order valence-corrected chi connectivity index (χ4v) is 3.03. The molecule has 20 heavy (non-hydrogen) atoms. The molecule has 1 aliphatic carbocycles. The van der Waals surface area contributed by atoms with E-state index in [0.717, 1.165) is 32.7 Å². The van der Waals surface area contributed by atoms with E-state index in [1.54, 1.807) is 0 Å². The zero-order valence-corrected chi connectivity index (χ0v) is 12.4. The summed E-state index contributed by atoms with van der Waals surface area (Å²) >= 11 is 0. The molecule has 114 valence electrons. The van der Waals surface area contributed by atoms with E-state index in [-0.39, 0.29) is 6.03 Å². The van der Waals surface area contributed by atoms with Gasteiger partial charge in [-0.25, -0.2) is 4.79 Å². The molecule has 2 fully saturated rings. The van der Waals surface area contributed by atoms with E-state index in [9.17, 15) is 4.79 Å². The molecule has 2 rings (SSSR count). The molecule has 3 N–H and O–H groups in total. The van der Waals surface area contributed by atoms with Crippen molar-refractivity contribution in [2.45, 2.75) is 32.1 Å². The molecular weight excluding hydrogens is 252 g/mol. The lowest BCUT2D eigenvalue weighted by molar-refractivity contribution is 0.143. The van der Waals surface area contributed by atoms with Crippen LogP contribution in [0.3, 0.4) is 0 Å². The molecule has 5 heteroatoms. The molecule has 5 nitrogen and oxygen atoms in total. The third-order valence-electron chi connectivity index (χ3n) is 4.33. The molecule has 0 aromatic carbocycles. The van der Waals surface area contributed by atoms with Crippen molar-refractivity contribution in [3.8, 4) is 0 Å². The highest BCUT2D eigenvalue weighted by Crippen LogP contribution is 2.24. The van der Waals surface area contributed by atoms with Crippen LogP contribution in [-0.2, 0) is 0 Å². The molecule has 1 saturated heterocycles. The topological polar surface area (TPSA) is 61.6 Å². The summed E-state index contributed by atoms with van der Waals surface area (Å²) in [5.41, 5.74) is 5.55. The Kier molecular flexibility index (Phi) is 6.33. The van der Waals surface area contributed by atoms with Crippen LogP contribution < -0.4 is 11.1 Å². The zero-order valence-electron chi connectivity index (χ0n) is 12.4. The average Bonchev–Trinajstić information content (AvgIpc) is 2.49. The van der Waals surface area contributed by atoms with Gasteiger partial charge in [0.25, 0.3) is 0 Å². The molecule has 2 amide bonds. The summed E-state index contributed by atoms with van der Waals surface area (Å²) in [5.74, 6) is 0.658. The monoisotopic (exact) mass is 280 g/mol. The minimum atomic E-state index is 0.0319. The number of allylic oxidation sites excluding steroid dienone is 1. The van der Waals surface area contributed by atoms with Gasteiger partial charge in [0.15, 0.2) is 0 Å². The second-order valence-corrected chi connectivity index (χ2v) is 5.82. The first-order chi connectivity index (χ1) is 9.79. The maximum absolute atomic E-state index is 12.0. The van der Waals surface area contributed by atoms with Crippen molar-refractivity contribution in [3.05, 3.63) is 12.3 Å². The van der Waals surface area contributed by atoms with Crippen LogP contribution in [-0.4, -0.2) is 55.1 Å². The van der Waals surface area contributed by atoms with E-state index in [1.807, 2.05) is 11.1 Å². The quantitative estimate of drug-likeness (QED) is 0.817. The van der Waals surface area contributed by atoms with E-state index < -0.39 is 0 Å². The second kappa shape index (κ2) is 8.27. The van der Waals surface area contributed by atoms with Gasteiger partial charge >= 0.3 is 6.03 Å². The zero-order chi connectivity index (χ0) is 14.2. The first-order valence-electron chi connectivity index (χ1n) is 7.94. The number of urea groups is 1. The SMILES string of the molecule is NCCN1CCN(C(=O)N/C=C/C2CCCCC2)CC1. The van der Waals surface area contributed by atoms with Crippen LogP contribution in [0.1, 0.15) is 32.1 Å². The van der Waals surface area contributed by atoms with Crippen LogP contribution in [0.5, 0.6) is 0 Å². The molecule has 0 radical (unpaired) electrons. The van der Waals surface area contributed by atoms with Crippen molar-refractivity contribution >= 4 is 6.03 Å². The Bertz CT molecular complexity index is 318. The molecule has 1 aliphatic heterocycles. The molecule has 0 aromatic rings. The van der Waals surface area contributed by atoms with Crippen LogP contribution in [0, 0.1) is 5.92 Å². The van der Waals surface area contributed by atoms with E-state index in [0.29, 0.717) is 12.5 Å². The lowest BCUT2D eigenvalue weighted by Crippen LogP contribution is -2.51. The molecule has 2 aliphatic rings. The predicted molar refractivity (Wildman–Crippen MR) is 81.3 cm³/mol. The van der Waals surface area contributed by atoms with Crippen LogP contribution in [0.15, 0.2) is 12.3 Å². The largest absolute Gasteiger partial charge is 0.329 e. The Balaban J connectivity index is 1.66. The molecule has 0 bridgehead atoms. The average molecular weight is 280 g/mol. The number of carbonyl (C=O) groups excluding carboxylic acids is 1. The fraction of sp³-hybridized carbons (Fsp3) is 0.800. The van der Waals surface area contributed by atoms with Gasteiger partial charge in [-0.2, -0.15) is 0 Å². The third-order valence-corrected chi connectivity index (χ3v) is 4.33. The number of rotatable bonds is 4. The number of amides is 2. The van der Waals surface area contributed by atoms with Crippen molar-refractivity contribution < 1.29 is 4.79 Å². The maximum Gasteiger partial charge on any atom is 0.321 e. The van der Waals surface area contributed by atoms with Crippen molar-refractivity contribution in [1.82, 2.24) is 15.1 Å². The van der Waals surface area contributed by atoms with Gasteiger partial charge in [-0.1, -0.05) is 25.3 Å². The van der Waals surface area contributed by atoms with E-state index >= 15 is 0 Å². The summed E-state index contributed by atoms with van der Waals surface area (Å²) in [4.78, 5) is 16.2. The Morgan fingerprint density at radius 2 is 1.85 bits per heavy atom. The Hall–Kier alpha value is -1.07. The number of hydrogen-bond acceptors (Lipinski definition) is 3. The first kappa shape index (κ1) is 15.3. The normalized spacial score (nSPS) is 22.4. The van der Waals surface area contributed by atoms with Crippen LogP contribution >= 0.6 is 0 Å². The highest BCUT2D eigenvalue weighted by molar-refractivity contribution is 5.75. The Morgan fingerprint density at radius 1 is 1.15 bits per heavy atom. The predicted octanol–water partition coefficient (Wildman–Crippen LogP) is 1.37. The van der Waals surface area contributed by atoms with Crippen LogP contribution in [0.4, 0.5) is 4.79 Å². The van der Waals surface area contributed by atoms with Gasteiger partial charge in [-0.3, -0.25) is 4.90 Å². The van der Waals surface area contributed by atoms with E-state index in [4.69, 9.17) is 5.73 Å². The van der Waals surface area contributed by atoms with Crippen molar-refractivity contribution in [2.24, 2.45) is 11.7 Å². The number of nitrogens with one attached hydrogen (secondary N) is 1. The first-order valence-corrected chi connectivity index (χ1v) is 7.94. The molecule has 0 atom stereocenters. The van der Waals surface area contributed by atoms with Crippen molar-refractivity contribution in [2.75, 3.05) is 39.3 Å². The van der Waals surface area contributed by atoms with Gasteiger partial charge in [0.1, 0.15) is 0 Å². The minimum absolute atomic E-state index is 0.0319. The van der Waals surface area contributed by atoms with Crippen LogP contribution in [0.25, 0.3) is 0 Å². The van der Waals surface area contributed by atoms with Gasteiger partial charge in [-0.15, -0.1) is 0 Å². The molecule has 0 aromatic heterocycles. The van der Waals surface area contributed by atoms with Gasteiger partial charge in [0.2, 0.25) is 0 Å². The van der Waals surface area contributed by atoms with Gasteiger partial charge < -0.3 is 16.0 Å². The highest BCUT2D eigenvalue weighted by atomic mass is 16.2. The summed E-state index contributed by atoms with van der Waals surface area (Å²) in [5, 5.41) is 2.91. The number of hydrogen-bond donors (Lipinski definition) is 2. The Labute approximate surface area is 122 Å². The number of nitrogens with two attached hydrogens (primary N) is 1. The molecule has 0 unspecified atom stereocenters. The second-order valence-electron chi connectivity index (χ2n) is 5.82. The van der Waals surface area contributed by atoms with Gasteiger partial charge in [0, 0.05) is 45.5 Å². The molecule has 1 heterocycles. The van der Waals surface area contributed by atoms with E-state index in [1.165, 1.54) is 32.1 Å². The maximum atomic E-state index is 12.0. The summed E-state index contributed by atoms with van der Waals surface area (Å²) in [6.45, 7) is 5.06. The summed E-state index contributed by atoms with van der Waals surface area (Å²) in [7, 11) is 0. The minimum Gasteiger partial charge on any atom is -0.329 e. The van der Waals surface area contributed by atoms with Gasteiger partial charge in [0.05, 0.1) is 0 Å². The molecule has 0 spiro atoms. The summed E-state index contributed by atoms with van der Waals surface area (Å²) < 4.78 is 0. The summed E-state index contributed by atoms with van der Waals surface area (Å²) in [6.07, 6.45) is 10.6. The third kappa shape index (κ3) is 4.80. The smallest absolute Gasteiger partial charge is 0.321 e. The number of nitrogens with zero attached hydrogens (tertiary/aromatic N) is 2. The lowest BCUT2D eigenvalue weighted by Gasteiger charge is -2.34. The van der Waals surface area contributed by atoms with Crippen LogP contribution in [0.2, 0.25) is 0 Å². The Morgan fingerprint density at radius 3 is 2.50 bits per heavy atom. The van der Waals surface area contributed by atoms with E-state index in [2.05, 4.69) is 16.3 Å². The number of piperazine rings is 1. The molecule has 1 saturated carbocycles.